The summed E-state index contributed by atoms with van der Waals surface area (Å²) >= 11 is 1.26. The highest BCUT2D eigenvalue weighted by molar-refractivity contribution is 7.14. The first-order valence-corrected chi connectivity index (χ1v) is 4.52. The number of azide groups is 1. The normalized spacial score (nSPS) is 10.0. The number of hydrogen-bond acceptors (Lipinski definition) is 5. The van der Waals surface area contributed by atoms with Gasteiger partial charge in [0, 0.05) is 11.0 Å². The van der Waals surface area contributed by atoms with Crippen LogP contribution in [-0.2, 0) is 6.54 Å². The van der Waals surface area contributed by atoms with Gasteiger partial charge >= 0.3 is 0 Å². The molecule has 2 aromatic heterocycles. The van der Waals surface area contributed by atoms with E-state index in [0.717, 1.165) is 0 Å². The van der Waals surface area contributed by atoms with Gasteiger partial charge in [0.2, 0.25) is 4.96 Å². The summed E-state index contributed by atoms with van der Waals surface area (Å²) < 4.78 is 1.20. The smallest absolute Gasteiger partial charge is 0.267 e. The molecule has 0 unspecified atom stereocenters. The minimum atomic E-state index is -0.264. The lowest BCUT2D eigenvalue weighted by atomic mass is 10.4. The molecule has 2 rings (SSSR count). The van der Waals surface area contributed by atoms with Crippen LogP contribution in [0, 0.1) is 0 Å². The standard InChI is InChI=1S/C6H4N6OS/c7-11-8-2-4-1-5(13)12-6(10-4)14-3-9-12/h1,3H,2H2. The maximum absolute atomic E-state index is 11.4. The molecule has 0 N–H and O–H groups in total. The first-order chi connectivity index (χ1) is 6.81. The molecule has 0 saturated carbocycles. The third-order valence-electron chi connectivity index (χ3n) is 1.54. The fourth-order valence-corrected chi connectivity index (χ4v) is 1.63. The quantitative estimate of drug-likeness (QED) is 0.417. The van der Waals surface area contributed by atoms with E-state index >= 15 is 0 Å². The maximum atomic E-state index is 11.4. The van der Waals surface area contributed by atoms with E-state index < -0.39 is 0 Å². The van der Waals surface area contributed by atoms with E-state index in [2.05, 4.69) is 20.1 Å². The molecule has 0 bridgehead atoms. The molecule has 0 saturated heterocycles. The zero-order chi connectivity index (χ0) is 9.97. The van der Waals surface area contributed by atoms with Gasteiger partial charge in [-0.05, 0) is 5.53 Å². The van der Waals surface area contributed by atoms with Gasteiger partial charge in [0.25, 0.3) is 5.56 Å². The van der Waals surface area contributed by atoms with E-state index in [4.69, 9.17) is 5.53 Å². The molecule has 7 nitrogen and oxygen atoms in total. The highest BCUT2D eigenvalue weighted by Crippen LogP contribution is 2.04. The second kappa shape index (κ2) is 3.44. The van der Waals surface area contributed by atoms with Crippen molar-refractivity contribution in [2.45, 2.75) is 6.54 Å². The van der Waals surface area contributed by atoms with Crippen LogP contribution in [-0.4, -0.2) is 14.6 Å². The van der Waals surface area contributed by atoms with E-state index in [1.54, 1.807) is 0 Å². The monoisotopic (exact) mass is 208 g/mol. The van der Waals surface area contributed by atoms with Gasteiger partial charge in [0.05, 0.1) is 12.2 Å². The summed E-state index contributed by atoms with van der Waals surface area (Å²) in [6.07, 6.45) is 0. The van der Waals surface area contributed by atoms with Crippen LogP contribution >= 0.6 is 11.3 Å². The van der Waals surface area contributed by atoms with Crippen LogP contribution in [0.1, 0.15) is 5.69 Å². The lowest BCUT2D eigenvalue weighted by Crippen LogP contribution is -2.14. The van der Waals surface area contributed by atoms with Crippen LogP contribution in [0.25, 0.3) is 15.4 Å². The van der Waals surface area contributed by atoms with Crippen molar-refractivity contribution >= 4 is 16.3 Å². The average Bonchev–Trinajstić information content (AvgIpc) is 2.63. The van der Waals surface area contributed by atoms with Crippen molar-refractivity contribution in [2.75, 3.05) is 0 Å². The van der Waals surface area contributed by atoms with Crippen LogP contribution in [0.15, 0.2) is 21.5 Å². The zero-order valence-electron chi connectivity index (χ0n) is 6.86. The van der Waals surface area contributed by atoms with Crippen LogP contribution < -0.4 is 5.56 Å². The molecule has 0 aliphatic carbocycles. The van der Waals surface area contributed by atoms with Crippen LogP contribution in [0.4, 0.5) is 0 Å². The van der Waals surface area contributed by atoms with E-state index in [9.17, 15) is 4.79 Å². The van der Waals surface area contributed by atoms with Crippen molar-refractivity contribution in [3.05, 3.63) is 38.1 Å². The summed E-state index contributed by atoms with van der Waals surface area (Å²) in [4.78, 5) is 18.5. The van der Waals surface area contributed by atoms with Crippen molar-refractivity contribution in [1.82, 2.24) is 14.6 Å². The summed E-state index contributed by atoms with van der Waals surface area (Å²) in [5, 5.41) is 7.12. The fourth-order valence-electron chi connectivity index (χ4n) is 0.986. The molecular weight excluding hydrogens is 204 g/mol. The molecule has 14 heavy (non-hydrogen) atoms. The van der Waals surface area contributed by atoms with Crippen LogP contribution in [0.2, 0.25) is 0 Å². The molecule has 0 spiro atoms. The Morgan fingerprint density at radius 3 is 3.36 bits per heavy atom. The highest BCUT2D eigenvalue weighted by Gasteiger charge is 2.02. The molecule has 0 aliphatic rings. The summed E-state index contributed by atoms with van der Waals surface area (Å²) in [6.45, 7) is 0.0835. The summed E-state index contributed by atoms with van der Waals surface area (Å²) in [5.74, 6) is 0. The molecule has 8 heteroatoms. The predicted octanol–water partition coefficient (Wildman–Crippen LogP) is 0.961. The van der Waals surface area contributed by atoms with Gasteiger partial charge in [-0.2, -0.15) is 9.61 Å². The number of aromatic nitrogens is 3. The lowest BCUT2D eigenvalue weighted by Gasteiger charge is -1.93. The van der Waals surface area contributed by atoms with Crippen molar-refractivity contribution in [3.8, 4) is 0 Å². The average molecular weight is 208 g/mol. The van der Waals surface area contributed by atoms with Gasteiger partial charge in [-0.1, -0.05) is 16.5 Å². The highest BCUT2D eigenvalue weighted by atomic mass is 32.1. The zero-order valence-corrected chi connectivity index (χ0v) is 7.68. The molecule has 0 atom stereocenters. The first kappa shape index (κ1) is 8.67. The van der Waals surface area contributed by atoms with Gasteiger partial charge in [-0.25, -0.2) is 4.98 Å². The Hall–Kier alpha value is -1.92. The molecule has 0 radical (unpaired) electrons. The molecule has 70 valence electrons. The van der Waals surface area contributed by atoms with E-state index in [-0.39, 0.29) is 12.1 Å². The summed E-state index contributed by atoms with van der Waals surface area (Å²) in [7, 11) is 0. The Kier molecular flexibility index (Phi) is 2.13. The van der Waals surface area contributed by atoms with Crippen molar-refractivity contribution in [2.24, 2.45) is 5.11 Å². The number of fused-ring (bicyclic) bond motifs is 1. The molecule has 2 aromatic rings. The summed E-state index contributed by atoms with van der Waals surface area (Å²) in [6, 6.07) is 1.31. The Labute approximate surface area is 81.3 Å². The SMILES string of the molecule is [N-]=[N+]=NCc1cc(=O)n2ncsc2n1. The second-order valence-electron chi connectivity index (χ2n) is 2.41. The minimum Gasteiger partial charge on any atom is -0.267 e. The minimum absolute atomic E-state index is 0.0835. The molecule has 0 fully saturated rings. The molecule has 0 aliphatic heterocycles. The largest absolute Gasteiger partial charge is 0.275 e. The van der Waals surface area contributed by atoms with Crippen LogP contribution in [0.5, 0.6) is 0 Å². The predicted molar refractivity (Wildman–Crippen MR) is 50.0 cm³/mol. The molecule has 2 heterocycles. The van der Waals surface area contributed by atoms with Crippen molar-refractivity contribution < 1.29 is 0 Å². The topological polar surface area (TPSA) is 96.0 Å². The summed E-state index contributed by atoms with van der Waals surface area (Å²) in [5.41, 5.74) is 9.83. The van der Waals surface area contributed by atoms with Gasteiger partial charge in [0.1, 0.15) is 5.51 Å². The Balaban J connectivity index is 2.58. The van der Waals surface area contributed by atoms with Gasteiger partial charge in [0.15, 0.2) is 0 Å². The lowest BCUT2D eigenvalue weighted by molar-refractivity contribution is 0.868. The van der Waals surface area contributed by atoms with Gasteiger partial charge in [-0.3, -0.25) is 4.79 Å². The molecule has 0 amide bonds. The van der Waals surface area contributed by atoms with Gasteiger partial charge < -0.3 is 0 Å². The van der Waals surface area contributed by atoms with E-state index in [1.165, 1.54) is 27.4 Å². The Bertz CT molecular complexity index is 565. The van der Waals surface area contributed by atoms with E-state index in [0.29, 0.717) is 10.7 Å². The van der Waals surface area contributed by atoms with Crippen molar-refractivity contribution in [1.29, 1.82) is 0 Å². The third kappa shape index (κ3) is 1.43. The number of hydrogen-bond donors (Lipinski definition) is 0. The Morgan fingerprint density at radius 2 is 2.57 bits per heavy atom. The van der Waals surface area contributed by atoms with Crippen LogP contribution in [0.3, 0.4) is 0 Å². The first-order valence-electron chi connectivity index (χ1n) is 3.64. The van der Waals surface area contributed by atoms with Gasteiger partial charge in [-0.15, -0.1) is 0 Å². The number of rotatable bonds is 2. The molecule has 0 aromatic carbocycles. The third-order valence-corrected chi connectivity index (χ3v) is 2.21. The van der Waals surface area contributed by atoms with E-state index in [1.807, 2.05) is 0 Å². The number of nitrogens with zero attached hydrogens (tertiary/aromatic N) is 6. The fraction of sp³-hybridized carbons (Fsp3) is 0.167. The van der Waals surface area contributed by atoms with Crippen molar-refractivity contribution in [3.63, 3.8) is 0 Å². The Morgan fingerprint density at radius 1 is 1.71 bits per heavy atom. The maximum Gasteiger partial charge on any atom is 0.275 e. The second-order valence-corrected chi connectivity index (χ2v) is 3.22. The molecular formula is C6H4N6OS.